The van der Waals surface area contributed by atoms with Crippen LogP contribution in [0.3, 0.4) is 0 Å². The van der Waals surface area contributed by atoms with Crippen molar-refractivity contribution in [1.29, 1.82) is 0 Å². The fourth-order valence-electron chi connectivity index (χ4n) is 5.23. The molecule has 7 nitrogen and oxygen atoms in total. The van der Waals surface area contributed by atoms with E-state index in [4.69, 9.17) is 15.5 Å². The van der Waals surface area contributed by atoms with Crippen LogP contribution in [0.5, 0.6) is 0 Å². The summed E-state index contributed by atoms with van der Waals surface area (Å²) in [5, 5.41) is 0. The third-order valence-electron chi connectivity index (χ3n) is 8.25. The van der Waals surface area contributed by atoms with Gasteiger partial charge in [0.05, 0.1) is 17.2 Å². The topological polar surface area (TPSA) is 80.9 Å². The summed E-state index contributed by atoms with van der Waals surface area (Å²) in [6, 6.07) is 19.1. The minimum absolute atomic E-state index is 0.0150. The van der Waals surface area contributed by atoms with E-state index in [1.807, 2.05) is 109 Å². The number of nitrogens with zero attached hydrogens (tertiary/aromatic N) is 1. The predicted molar refractivity (Wildman–Crippen MR) is 162 cm³/mol. The summed E-state index contributed by atoms with van der Waals surface area (Å²) in [5.74, 6) is 0.0150. The van der Waals surface area contributed by atoms with Gasteiger partial charge in [-0.2, -0.15) is 0 Å². The quantitative estimate of drug-likeness (QED) is 0.368. The van der Waals surface area contributed by atoms with Gasteiger partial charge in [0.15, 0.2) is 7.20 Å². The number of aromatic amines is 1. The zero-order valence-electron chi connectivity index (χ0n) is 26.2. The van der Waals surface area contributed by atoms with Crippen molar-refractivity contribution < 1.29 is 25.0 Å². The van der Waals surface area contributed by atoms with Gasteiger partial charge in [-0.25, -0.2) is 4.79 Å². The average Bonchev–Trinajstić information content (AvgIpc) is 3.60. The van der Waals surface area contributed by atoms with Crippen LogP contribution < -0.4 is 5.46 Å². The molecular weight excluding hydrogens is 515 g/mol. The van der Waals surface area contributed by atoms with Crippen LogP contribution in [0.4, 0.5) is 4.79 Å². The Kier molecular flexibility index (Phi) is 7.33. The third-order valence-corrected chi connectivity index (χ3v) is 8.25. The molecule has 8 heteroatoms. The second-order valence-electron chi connectivity index (χ2n) is 13.1. The first-order chi connectivity index (χ1) is 19.6. The third kappa shape index (κ3) is 6.29. The van der Waals surface area contributed by atoms with Crippen molar-refractivity contribution in [2.75, 3.05) is 6.54 Å². The molecule has 0 bridgehead atoms. The molecule has 2 aliphatic rings. The van der Waals surface area contributed by atoms with Gasteiger partial charge in [-0.15, -0.1) is 0 Å². The number of ether oxygens (including phenoxy) is 1. The molecule has 0 radical (unpaired) electrons. The molecule has 1 atom stereocenters. The Labute approximate surface area is 245 Å². The molecule has 2 fully saturated rings. The number of ketones is 1. The van der Waals surface area contributed by atoms with Gasteiger partial charge < -0.3 is 19.0 Å². The van der Waals surface area contributed by atoms with Gasteiger partial charge in [0.1, 0.15) is 5.60 Å². The molecule has 0 saturated carbocycles. The zero-order valence-corrected chi connectivity index (χ0v) is 25.2. The second-order valence-corrected chi connectivity index (χ2v) is 13.1. The number of rotatable bonds is 6. The lowest BCUT2D eigenvalue weighted by atomic mass is 9.79. The van der Waals surface area contributed by atoms with Crippen LogP contribution in [0, 0.1) is 0 Å². The van der Waals surface area contributed by atoms with E-state index in [0.717, 1.165) is 40.0 Å². The molecule has 0 spiro atoms. The number of nitrogens with one attached hydrogen (secondary N) is 1. The van der Waals surface area contributed by atoms with E-state index >= 15 is 0 Å². The molecule has 2 aromatic carbocycles. The highest BCUT2D eigenvalue weighted by Gasteiger charge is 2.51. The van der Waals surface area contributed by atoms with Crippen LogP contribution >= 0.6 is 0 Å². The molecule has 0 aliphatic carbocycles. The first-order valence-electron chi connectivity index (χ1n) is 14.9. The Hall–Kier alpha value is -3.36. The van der Waals surface area contributed by atoms with E-state index in [1.54, 1.807) is 4.90 Å². The summed E-state index contributed by atoms with van der Waals surface area (Å²) in [5.41, 5.74) is 3.75. The highest BCUT2D eigenvalue weighted by Crippen LogP contribution is 2.36. The predicted octanol–water partition coefficient (Wildman–Crippen LogP) is 6.16. The van der Waals surface area contributed by atoms with E-state index in [0.29, 0.717) is 13.0 Å². The minimum atomic E-state index is -0.601. The van der Waals surface area contributed by atoms with Crippen molar-refractivity contribution in [2.45, 2.75) is 90.6 Å². The molecule has 1 N–H and O–H groups in total. The maximum Gasteiger partial charge on any atom is 0.494 e. The summed E-state index contributed by atoms with van der Waals surface area (Å²) in [6.45, 7) is 14.2. The number of benzene rings is 2. The van der Waals surface area contributed by atoms with Crippen LogP contribution in [0.15, 0.2) is 60.7 Å². The fourth-order valence-corrected chi connectivity index (χ4v) is 5.23. The van der Waals surface area contributed by atoms with Gasteiger partial charge in [0.25, 0.3) is 0 Å². The number of carbonyl (C=O) groups excluding carboxylic acids is 2. The molecular formula is C33H41BN2O5. The lowest BCUT2D eigenvalue weighted by molar-refractivity contribution is -0.122. The molecule has 5 rings (SSSR count). The van der Waals surface area contributed by atoms with E-state index < -0.39 is 36.1 Å². The summed E-state index contributed by atoms with van der Waals surface area (Å²) < 4.78 is 26.6. The van der Waals surface area contributed by atoms with Gasteiger partial charge in [-0.3, -0.25) is 9.69 Å². The molecule has 2 saturated heterocycles. The van der Waals surface area contributed by atoms with Crippen molar-refractivity contribution in [2.24, 2.45) is 0 Å². The smallest absolute Gasteiger partial charge is 0.444 e. The van der Waals surface area contributed by atoms with Gasteiger partial charge in [-0.1, -0.05) is 48.5 Å². The Morgan fingerprint density at radius 2 is 1.49 bits per heavy atom. The normalized spacial score (nSPS) is 20.3. The number of carbonyl (C=O) groups is 2. The van der Waals surface area contributed by atoms with E-state index in [-0.39, 0.29) is 12.2 Å². The zero-order chi connectivity index (χ0) is 30.4. The molecule has 216 valence electrons. The summed E-state index contributed by atoms with van der Waals surface area (Å²) in [7, 11) is -0.429. The Balaban J connectivity index is 1.25. The van der Waals surface area contributed by atoms with Gasteiger partial charge >= 0.3 is 13.2 Å². The molecule has 3 heterocycles. The molecule has 2 aliphatic heterocycles. The van der Waals surface area contributed by atoms with Gasteiger partial charge in [-0.05, 0) is 95.6 Å². The largest absolute Gasteiger partial charge is 0.494 e. The number of likely N-dealkylation sites (tertiary alicyclic amines) is 1. The Morgan fingerprint density at radius 3 is 2.02 bits per heavy atom. The van der Waals surface area contributed by atoms with Crippen LogP contribution in [0.2, 0.25) is 1.41 Å². The number of hydrogen-bond donors (Lipinski definition) is 1. The van der Waals surface area contributed by atoms with Crippen LogP contribution in [0.1, 0.15) is 66.9 Å². The average molecular weight is 558 g/mol. The fraction of sp³-hybridized carbons (Fsp3) is 0.455. The monoisotopic (exact) mass is 557 g/mol. The van der Waals surface area contributed by atoms with E-state index in [2.05, 4.69) is 0 Å². The van der Waals surface area contributed by atoms with E-state index in [1.165, 1.54) is 4.98 Å². The second kappa shape index (κ2) is 10.8. The lowest BCUT2D eigenvalue weighted by Gasteiger charge is -2.32. The molecule has 41 heavy (non-hydrogen) atoms. The maximum absolute atomic E-state index is 13.1. The standard InChI is InChI=1S/C33H41BN2O5/c1-31(2,3)39-30(38)36-20-8-9-28(36)29(37)21-22-10-12-23(13-11-22)26-18-19-27(35-26)24-14-16-25(17-15-24)34-40-32(4,5)33(6,7)41-34/h10-19,28,35H,8-9,20-21H2,1-7H3/i/hD. The van der Waals surface area contributed by atoms with Crippen molar-refractivity contribution in [3.63, 3.8) is 0 Å². The van der Waals surface area contributed by atoms with Crippen molar-refractivity contribution in [3.8, 4) is 22.5 Å². The van der Waals surface area contributed by atoms with Crippen LogP contribution in [-0.2, 0) is 25.3 Å². The van der Waals surface area contributed by atoms with Crippen molar-refractivity contribution >= 4 is 24.5 Å². The SMILES string of the molecule is [2H]n1c(-c2ccc(CC(=O)C3CCCN3C(=O)OC(C)(C)C)cc2)ccc1-c1ccc(B2OC(C)(C)C(C)(C)O2)cc1. The first-order valence-corrected chi connectivity index (χ1v) is 14.4. The maximum atomic E-state index is 13.1. The first kappa shape index (κ1) is 27.8. The lowest BCUT2D eigenvalue weighted by Crippen LogP contribution is -2.43. The Bertz CT molecular complexity index is 1440. The summed E-state index contributed by atoms with van der Waals surface area (Å²) >= 11 is 0. The molecule has 1 aromatic heterocycles. The van der Waals surface area contributed by atoms with Gasteiger partial charge in [0.2, 0.25) is 0 Å². The van der Waals surface area contributed by atoms with Crippen LogP contribution in [-0.4, -0.2) is 58.3 Å². The highest BCUT2D eigenvalue weighted by atomic mass is 16.7. The number of amides is 1. The summed E-state index contributed by atoms with van der Waals surface area (Å²) in [4.78, 5) is 28.7. The summed E-state index contributed by atoms with van der Waals surface area (Å²) in [6.07, 6.45) is 1.26. The van der Waals surface area contributed by atoms with Crippen LogP contribution in [0.25, 0.3) is 22.5 Å². The van der Waals surface area contributed by atoms with E-state index in [9.17, 15) is 9.59 Å². The van der Waals surface area contributed by atoms with Crippen molar-refractivity contribution in [1.82, 2.24) is 9.88 Å². The molecule has 3 aromatic rings. The minimum Gasteiger partial charge on any atom is -0.444 e. The highest BCUT2D eigenvalue weighted by molar-refractivity contribution is 6.62. The molecule has 1 unspecified atom stereocenters. The number of aromatic nitrogens is 1. The Morgan fingerprint density at radius 1 is 0.951 bits per heavy atom. The number of Topliss-reactive ketones (excluding diaryl/α,β-unsaturated/α-hetero) is 1. The molecule has 1 amide bonds. The number of H-pyrrole nitrogens is 1. The van der Waals surface area contributed by atoms with Gasteiger partial charge in [0, 0.05) is 24.4 Å². The number of hydrogen-bond acceptors (Lipinski definition) is 5. The van der Waals surface area contributed by atoms with Crippen molar-refractivity contribution in [3.05, 3.63) is 66.2 Å².